The van der Waals surface area contributed by atoms with E-state index in [1.165, 1.54) is 16.2 Å². The average Bonchev–Trinajstić information content (AvgIpc) is 3.31. The predicted molar refractivity (Wildman–Crippen MR) is 115 cm³/mol. The minimum absolute atomic E-state index is 0.0788. The van der Waals surface area contributed by atoms with E-state index < -0.39 is 18.1 Å². The SMILES string of the molecule is CCN(C(=O)OCC1c2ccccc2-c2ccccc21)C(C(=O)O)c1csc(C)n1. The van der Waals surface area contributed by atoms with Crippen molar-refractivity contribution in [3.05, 3.63) is 75.7 Å². The lowest BCUT2D eigenvalue weighted by molar-refractivity contribution is -0.143. The summed E-state index contributed by atoms with van der Waals surface area (Å²) in [5.41, 5.74) is 4.85. The van der Waals surface area contributed by atoms with Gasteiger partial charge in [0.25, 0.3) is 0 Å². The summed E-state index contributed by atoms with van der Waals surface area (Å²) in [7, 11) is 0. The molecule has 1 heterocycles. The van der Waals surface area contributed by atoms with Gasteiger partial charge in [0.15, 0.2) is 6.04 Å². The quantitative estimate of drug-likeness (QED) is 0.614. The molecule has 0 saturated carbocycles. The third kappa shape index (κ3) is 3.57. The Morgan fingerprint density at radius 1 is 1.13 bits per heavy atom. The molecule has 0 bridgehead atoms. The molecule has 1 unspecified atom stereocenters. The Morgan fingerprint density at radius 2 is 1.73 bits per heavy atom. The number of carboxylic acids is 1. The first-order valence-electron chi connectivity index (χ1n) is 9.77. The number of aromatic nitrogens is 1. The van der Waals surface area contributed by atoms with E-state index in [9.17, 15) is 14.7 Å². The van der Waals surface area contributed by atoms with Crippen LogP contribution in [0.4, 0.5) is 4.79 Å². The summed E-state index contributed by atoms with van der Waals surface area (Å²) in [4.78, 5) is 30.3. The molecule has 1 aliphatic rings. The van der Waals surface area contributed by atoms with Crippen LogP contribution >= 0.6 is 11.3 Å². The molecule has 4 rings (SSSR count). The van der Waals surface area contributed by atoms with Crippen LogP contribution in [0.3, 0.4) is 0 Å². The molecular formula is C23H22N2O4S. The fourth-order valence-electron chi connectivity index (χ4n) is 4.02. The molecule has 0 aliphatic heterocycles. The molecule has 0 spiro atoms. The van der Waals surface area contributed by atoms with E-state index in [0.29, 0.717) is 5.69 Å². The Kier molecular flexibility index (Phi) is 5.55. The number of amides is 1. The molecule has 0 saturated heterocycles. The average molecular weight is 423 g/mol. The molecule has 1 aromatic heterocycles. The molecule has 2 aromatic carbocycles. The summed E-state index contributed by atoms with van der Waals surface area (Å²) >= 11 is 1.35. The molecule has 0 fully saturated rings. The minimum Gasteiger partial charge on any atom is -0.479 e. The van der Waals surface area contributed by atoms with Gasteiger partial charge in [0.1, 0.15) is 6.61 Å². The summed E-state index contributed by atoms with van der Waals surface area (Å²) in [6.07, 6.45) is -0.655. The number of nitrogens with zero attached hydrogens (tertiary/aromatic N) is 2. The fourth-order valence-corrected chi connectivity index (χ4v) is 4.65. The largest absolute Gasteiger partial charge is 0.479 e. The molecule has 7 heteroatoms. The highest BCUT2D eigenvalue weighted by Crippen LogP contribution is 2.44. The van der Waals surface area contributed by atoms with Gasteiger partial charge >= 0.3 is 12.1 Å². The normalized spacial score (nSPS) is 13.4. The molecule has 3 aromatic rings. The lowest BCUT2D eigenvalue weighted by Crippen LogP contribution is -2.39. The highest BCUT2D eigenvalue weighted by atomic mass is 32.1. The molecule has 154 valence electrons. The van der Waals surface area contributed by atoms with Crippen LogP contribution in [0, 0.1) is 6.92 Å². The Morgan fingerprint density at radius 3 is 2.23 bits per heavy atom. The number of rotatable bonds is 6. The number of carbonyl (C=O) groups is 2. The van der Waals surface area contributed by atoms with Crippen LogP contribution < -0.4 is 0 Å². The monoisotopic (exact) mass is 422 g/mol. The zero-order chi connectivity index (χ0) is 21.3. The zero-order valence-corrected chi connectivity index (χ0v) is 17.6. The van der Waals surface area contributed by atoms with Gasteiger partial charge in [-0.15, -0.1) is 11.3 Å². The molecule has 1 N–H and O–H groups in total. The van der Waals surface area contributed by atoms with Crippen LogP contribution in [-0.4, -0.2) is 40.2 Å². The summed E-state index contributed by atoms with van der Waals surface area (Å²) in [5.74, 6) is -1.21. The maximum absolute atomic E-state index is 12.9. The second-order valence-corrected chi connectivity index (χ2v) is 8.18. The zero-order valence-electron chi connectivity index (χ0n) is 16.7. The van der Waals surface area contributed by atoms with Gasteiger partial charge in [-0.3, -0.25) is 4.90 Å². The Balaban J connectivity index is 1.56. The van der Waals surface area contributed by atoms with E-state index in [2.05, 4.69) is 17.1 Å². The van der Waals surface area contributed by atoms with E-state index >= 15 is 0 Å². The van der Waals surface area contributed by atoms with E-state index in [0.717, 1.165) is 27.3 Å². The standard InChI is InChI=1S/C23H22N2O4S/c1-3-25(21(22(26)27)20-13-30-14(2)24-20)23(28)29-12-19-17-10-6-4-8-15(17)16-9-5-7-11-18(16)19/h4-11,13,19,21H,3,12H2,1-2H3,(H,26,27). The van der Waals surface area contributed by atoms with Crippen LogP contribution in [0.5, 0.6) is 0 Å². The fraction of sp³-hybridized carbons (Fsp3) is 0.261. The van der Waals surface area contributed by atoms with E-state index in [1.807, 2.05) is 36.4 Å². The first-order chi connectivity index (χ1) is 14.5. The van der Waals surface area contributed by atoms with Crippen molar-refractivity contribution in [3.8, 4) is 11.1 Å². The first-order valence-corrected chi connectivity index (χ1v) is 10.7. The third-order valence-electron chi connectivity index (χ3n) is 5.37. The summed E-state index contributed by atoms with van der Waals surface area (Å²) in [5, 5.41) is 12.2. The predicted octanol–water partition coefficient (Wildman–Crippen LogP) is 4.85. The summed E-state index contributed by atoms with van der Waals surface area (Å²) in [6.45, 7) is 3.88. The maximum atomic E-state index is 12.9. The second kappa shape index (κ2) is 8.28. The lowest BCUT2D eigenvalue weighted by Gasteiger charge is -2.26. The topological polar surface area (TPSA) is 79.7 Å². The smallest absolute Gasteiger partial charge is 0.410 e. The summed E-state index contributed by atoms with van der Waals surface area (Å²) in [6, 6.07) is 15.0. The first kappa shape index (κ1) is 20.1. The minimum atomic E-state index is -1.17. The lowest BCUT2D eigenvalue weighted by atomic mass is 9.98. The Hall–Kier alpha value is -3.19. The number of thiazole rings is 1. The van der Waals surface area contributed by atoms with Gasteiger partial charge in [0.2, 0.25) is 0 Å². The van der Waals surface area contributed by atoms with Crippen LogP contribution in [0.25, 0.3) is 11.1 Å². The molecule has 1 aliphatic carbocycles. The van der Waals surface area contributed by atoms with Gasteiger partial charge in [-0.1, -0.05) is 48.5 Å². The highest BCUT2D eigenvalue weighted by Gasteiger charge is 2.35. The number of benzene rings is 2. The van der Waals surface area contributed by atoms with E-state index in [4.69, 9.17) is 4.74 Å². The number of fused-ring (bicyclic) bond motifs is 3. The van der Waals surface area contributed by atoms with Crippen LogP contribution in [0.1, 0.15) is 40.7 Å². The molecule has 0 radical (unpaired) electrons. The van der Waals surface area contributed by atoms with Crippen molar-refractivity contribution in [2.24, 2.45) is 0 Å². The maximum Gasteiger partial charge on any atom is 0.410 e. The molecule has 6 nitrogen and oxygen atoms in total. The van der Waals surface area contributed by atoms with Crippen LogP contribution in [-0.2, 0) is 9.53 Å². The van der Waals surface area contributed by atoms with Crippen molar-refractivity contribution in [1.82, 2.24) is 9.88 Å². The highest BCUT2D eigenvalue weighted by molar-refractivity contribution is 7.09. The molecule has 1 amide bonds. The second-order valence-electron chi connectivity index (χ2n) is 7.12. The van der Waals surface area contributed by atoms with Crippen molar-refractivity contribution in [1.29, 1.82) is 0 Å². The Bertz CT molecular complexity index is 1050. The van der Waals surface area contributed by atoms with Crippen LogP contribution in [0.2, 0.25) is 0 Å². The number of carboxylic acid groups (broad SMARTS) is 1. The molecular weight excluding hydrogens is 400 g/mol. The third-order valence-corrected chi connectivity index (χ3v) is 6.17. The van der Waals surface area contributed by atoms with E-state index in [-0.39, 0.29) is 19.1 Å². The summed E-state index contributed by atoms with van der Waals surface area (Å²) < 4.78 is 5.65. The van der Waals surface area contributed by atoms with Gasteiger partial charge in [-0.05, 0) is 36.1 Å². The van der Waals surface area contributed by atoms with Crippen molar-refractivity contribution in [3.63, 3.8) is 0 Å². The van der Waals surface area contributed by atoms with Gasteiger partial charge in [0.05, 0.1) is 10.7 Å². The van der Waals surface area contributed by atoms with Crippen molar-refractivity contribution < 1.29 is 19.4 Å². The van der Waals surface area contributed by atoms with Gasteiger partial charge in [-0.2, -0.15) is 0 Å². The number of hydrogen-bond acceptors (Lipinski definition) is 5. The molecule has 30 heavy (non-hydrogen) atoms. The van der Waals surface area contributed by atoms with Crippen LogP contribution in [0.15, 0.2) is 53.9 Å². The Labute approximate surface area is 178 Å². The number of carbonyl (C=O) groups excluding carboxylic acids is 1. The van der Waals surface area contributed by atoms with Crippen molar-refractivity contribution >= 4 is 23.4 Å². The molecule has 1 atom stereocenters. The van der Waals surface area contributed by atoms with E-state index in [1.54, 1.807) is 19.2 Å². The number of hydrogen-bond donors (Lipinski definition) is 1. The van der Waals surface area contributed by atoms with Gasteiger partial charge in [0, 0.05) is 17.8 Å². The number of aryl methyl sites for hydroxylation is 1. The van der Waals surface area contributed by atoms with Gasteiger partial charge < -0.3 is 9.84 Å². The van der Waals surface area contributed by atoms with Crippen molar-refractivity contribution in [2.75, 3.05) is 13.2 Å². The van der Waals surface area contributed by atoms with Gasteiger partial charge in [-0.25, -0.2) is 14.6 Å². The van der Waals surface area contributed by atoms with Crippen molar-refractivity contribution in [2.45, 2.75) is 25.8 Å². The number of likely N-dealkylation sites (N-methyl/N-ethyl adjacent to an activating group) is 1. The number of ether oxygens (including phenoxy) is 1. The number of aliphatic carboxylic acids is 1.